The monoisotopic (exact) mass is 378 g/mol. The van der Waals surface area contributed by atoms with Gasteiger partial charge >= 0.3 is 0 Å². The van der Waals surface area contributed by atoms with Crippen LogP contribution in [0.5, 0.6) is 0 Å². The van der Waals surface area contributed by atoms with Crippen molar-refractivity contribution in [2.75, 3.05) is 11.9 Å². The first-order chi connectivity index (χ1) is 13.6. The number of anilines is 1. The molecule has 0 fully saturated rings. The third-order valence-electron chi connectivity index (χ3n) is 3.96. The summed E-state index contributed by atoms with van der Waals surface area (Å²) in [7, 11) is 0. The minimum atomic E-state index is -0.126. The van der Waals surface area contributed by atoms with Gasteiger partial charge < -0.3 is 10.6 Å². The molecule has 0 aliphatic carbocycles. The first-order valence-electron chi connectivity index (χ1n) is 9.35. The summed E-state index contributed by atoms with van der Waals surface area (Å²) in [5.74, 6) is -0.188. The molecule has 2 amide bonds. The van der Waals surface area contributed by atoms with Gasteiger partial charge in [-0.3, -0.25) is 9.59 Å². The fourth-order valence-corrected chi connectivity index (χ4v) is 2.43. The molecule has 0 aromatic heterocycles. The van der Waals surface area contributed by atoms with Crippen LogP contribution < -0.4 is 10.6 Å². The van der Waals surface area contributed by atoms with E-state index in [-0.39, 0.29) is 11.8 Å². The minimum Gasteiger partial charge on any atom is -0.352 e. The molecule has 0 aliphatic rings. The lowest BCUT2D eigenvalue weighted by atomic mass is 10.1. The van der Waals surface area contributed by atoms with Crippen molar-refractivity contribution in [1.29, 1.82) is 0 Å². The van der Waals surface area contributed by atoms with E-state index in [1.54, 1.807) is 6.92 Å². The van der Waals surface area contributed by atoms with Gasteiger partial charge in [0.2, 0.25) is 11.8 Å². The maximum Gasteiger partial charge on any atom is 0.246 e. The maximum absolute atomic E-state index is 12.2. The lowest BCUT2D eigenvalue weighted by Gasteiger charge is -2.08. The molecule has 2 aromatic rings. The molecule has 28 heavy (non-hydrogen) atoms. The molecule has 2 N–H and O–H groups in total. The summed E-state index contributed by atoms with van der Waals surface area (Å²) in [5, 5.41) is 14.1. The van der Waals surface area contributed by atoms with Gasteiger partial charge in [-0.25, -0.2) is 0 Å². The predicted molar refractivity (Wildman–Crippen MR) is 112 cm³/mol. The van der Waals surface area contributed by atoms with Gasteiger partial charge in [0.25, 0.3) is 0 Å². The Morgan fingerprint density at radius 3 is 2.39 bits per heavy atom. The molecular formula is C22H26N4O2. The van der Waals surface area contributed by atoms with E-state index in [1.807, 2.05) is 54.6 Å². The molecule has 0 bridgehead atoms. The van der Waals surface area contributed by atoms with Gasteiger partial charge in [0.05, 0.1) is 11.4 Å². The summed E-state index contributed by atoms with van der Waals surface area (Å²) in [6.45, 7) is 5.86. The van der Waals surface area contributed by atoms with Gasteiger partial charge in [-0.2, -0.15) is 5.11 Å². The number of nitrogens with one attached hydrogen (secondary N) is 2. The minimum absolute atomic E-state index is 0.0617. The number of azo groups is 1. The van der Waals surface area contributed by atoms with Gasteiger partial charge in [0.1, 0.15) is 5.69 Å². The Hall–Kier alpha value is -3.28. The van der Waals surface area contributed by atoms with Crippen LogP contribution in [0.25, 0.3) is 0 Å². The van der Waals surface area contributed by atoms with Crippen molar-refractivity contribution < 1.29 is 9.59 Å². The molecule has 0 saturated carbocycles. The third kappa shape index (κ3) is 7.53. The highest BCUT2D eigenvalue weighted by Crippen LogP contribution is 2.26. The lowest BCUT2D eigenvalue weighted by Crippen LogP contribution is -2.24. The molecule has 146 valence electrons. The van der Waals surface area contributed by atoms with E-state index in [0.29, 0.717) is 29.9 Å². The summed E-state index contributed by atoms with van der Waals surface area (Å²) >= 11 is 0. The van der Waals surface area contributed by atoms with Gasteiger partial charge in [0.15, 0.2) is 0 Å². The fourth-order valence-electron chi connectivity index (χ4n) is 2.43. The zero-order chi connectivity index (χ0) is 20.2. The highest BCUT2D eigenvalue weighted by Gasteiger charge is 2.06. The molecule has 0 unspecified atom stereocenters. The molecule has 2 rings (SSSR count). The van der Waals surface area contributed by atoms with Crippen molar-refractivity contribution in [1.82, 2.24) is 5.32 Å². The number of hydrogen-bond acceptors (Lipinski definition) is 4. The molecule has 0 spiro atoms. The molecule has 6 nitrogen and oxygen atoms in total. The second-order valence-corrected chi connectivity index (χ2v) is 6.45. The normalized spacial score (nSPS) is 10.6. The SMILES string of the molecule is C=C(C)C(=O)NCCCCCC(=O)Nc1ccccc1N=Nc1ccccc1. The van der Waals surface area contributed by atoms with E-state index in [4.69, 9.17) is 0 Å². The summed E-state index contributed by atoms with van der Waals surface area (Å²) < 4.78 is 0. The Bertz CT molecular complexity index is 831. The quantitative estimate of drug-likeness (QED) is 0.334. The summed E-state index contributed by atoms with van der Waals surface area (Å²) in [5.41, 5.74) is 2.51. The number of carbonyl (C=O) groups is 2. The average Bonchev–Trinajstić information content (AvgIpc) is 2.70. The van der Waals surface area contributed by atoms with Crippen LogP contribution in [0.3, 0.4) is 0 Å². The van der Waals surface area contributed by atoms with Crippen LogP contribution in [-0.2, 0) is 9.59 Å². The second kappa shape index (κ2) is 11.4. The van der Waals surface area contributed by atoms with E-state index in [1.165, 1.54) is 0 Å². The molecule has 6 heteroatoms. The van der Waals surface area contributed by atoms with Crippen molar-refractivity contribution in [2.45, 2.75) is 32.6 Å². The van der Waals surface area contributed by atoms with Crippen LogP contribution in [0, 0.1) is 0 Å². The van der Waals surface area contributed by atoms with Gasteiger partial charge in [-0.05, 0) is 44.0 Å². The molecule has 0 aliphatic heterocycles. The number of para-hydroxylation sites is 1. The Balaban J connectivity index is 1.77. The molecule has 2 aromatic carbocycles. The number of amides is 2. The number of rotatable bonds is 10. The Morgan fingerprint density at radius 2 is 1.64 bits per heavy atom. The van der Waals surface area contributed by atoms with Crippen LogP contribution in [0.15, 0.2) is 77.0 Å². The van der Waals surface area contributed by atoms with E-state index in [2.05, 4.69) is 27.4 Å². The van der Waals surface area contributed by atoms with Crippen LogP contribution in [0.1, 0.15) is 32.6 Å². The van der Waals surface area contributed by atoms with Crippen molar-refractivity contribution in [3.8, 4) is 0 Å². The Labute approximate surface area is 165 Å². The highest BCUT2D eigenvalue weighted by molar-refractivity contribution is 5.93. The van der Waals surface area contributed by atoms with Crippen LogP contribution >= 0.6 is 0 Å². The first kappa shape index (κ1) is 21.0. The fraction of sp³-hybridized carbons (Fsp3) is 0.273. The summed E-state index contributed by atoms with van der Waals surface area (Å²) in [6, 6.07) is 16.8. The van der Waals surface area contributed by atoms with E-state index in [9.17, 15) is 9.59 Å². The molecule has 0 atom stereocenters. The van der Waals surface area contributed by atoms with E-state index >= 15 is 0 Å². The molecular weight excluding hydrogens is 352 g/mol. The van der Waals surface area contributed by atoms with Crippen LogP contribution in [0.4, 0.5) is 17.1 Å². The van der Waals surface area contributed by atoms with Crippen molar-refractivity contribution in [2.24, 2.45) is 10.2 Å². The lowest BCUT2D eigenvalue weighted by molar-refractivity contribution is -0.118. The number of nitrogens with zero attached hydrogens (tertiary/aromatic N) is 2. The molecule has 0 heterocycles. The van der Waals surface area contributed by atoms with Crippen LogP contribution in [0.2, 0.25) is 0 Å². The highest BCUT2D eigenvalue weighted by atomic mass is 16.2. The number of carbonyl (C=O) groups excluding carboxylic acids is 2. The number of benzene rings is 2. The summed E-state index contributed by atoms with van der Waals surface area (Å²) in [4.78, 5) is 23.6. The third-order valence-corrected chi connectivity index (χ3v) is 3.96. The first-order valence-corrected chi connectivity index (χ1v) is 9.35. The maximum atomic E-state index is 12.2. The standard InChI is InChI=1S/C22H26N4O2/c1-17(2)22(28)23-16-10-4-7-15-21(27)24-19-13-8-9-14-20(19)26-25-18-11-5-3-6-12-18/h3,5-6,8-9,11-14H,1,4,7,10,15-16H2,2H3,(H,23,28)(H,24,27). The second-order valence-electron chi connectivity index (χ2n) is 6.45. The number of hydrogen-bond donors (Lipinski definition) is 2. The van der Waals surface area contributed by atoms with Crippen molar-refractivity contribution in [3.05, 3.63) is 66.7 Å². The average molecular weight is 378 g/mol. The van der Waals surface area contributed by atoms with Gasteiger partial charge in [-0.1, -0.05) is 43.3 Å². The van der Waals surface area contributed by atoms with Crippen molar-refractivity contribution >= 4 is 28.9 Å². The van der Waals surface area contributed by atoms with Gasteiger partial charge in [-0.15, -0.1) is 5.11 Å². The smallest absolute Gasteiger partial charge is 0.246 e. The zero-order valence-electron chi connectivity index (χ0n) is 16.1. The van der Waals surface area contributed by atoms with Gasteiger partial charge in [0, 0.05) is 18.5 Å². The van der Waals surface area contributed by atoms with Crippen molar-refractivity contribution in [3.63, 3.8) is 0 Å². The largest absolute Gasteiger partial charge is 0.352 e. The zero-order valence-corrected chi connectivity index (χ0v) is 16.1. The van der Waals surface area contributed by atoms with E-state index in [0.717, 1.165) is 24.9 Å². The predicted octanol–water partition coefficient (Wildman–Crippen LogP) is 5.29. The van der Waals surface area contributed by atoms with Crippen LogP contribution in [-0.4, -0.2) is 18.4 Å². The topological polar surface area (TPSA) is 82.9 Å². The Kier molecular flexibility index (Phi) is 8.59. The molecule has 0 radical (unpaired) electrons. The molecule has 0 saturated heterocycles. The summed E-state index contributed by atoms with van der Waals surface area (Å²) in [6.07, 6.45) is 2.86. The number of unbranched alkanes of at least 4 members (excludes halogenated alkanes) is 2. The Morgan fingerprint density at radius 1 is 0.929 bits per heavy atom. The van der Waals surface area contributed by atoms with E-state index < -0.39 is 0 Å².